The topological polar surface area (TPSA) is 148 Å². The second kappa shape index (κ2) is 21.7. The molecule has 3 aromatic rings. The standard InChI is InChI=1S/C41H55N3O9/c1-49-21-22-51-23-24-52-29-39(47)42-36(26-30-7-3-2-4-8-30)37(45)28-33(41(48)43-40-35-10-6-5-9-32(35)27-38(40)46)25-31-11-13-34(14-12-31)53-20-17-44-15-18-50-19-16-44/h2-14,33,36-38,40,45-46H,15-29H2,1H3,(H,42,47)(H,43,48). The number of nitrogens with one attached hydrogen (secondary N) is 2. The predicted octanol–water partition coefficient (Wildman–Crippen LogP) is 2.49. The minimum absolute atomic E-state index is 0.0695. The number of carbonyl (C=O) groups excluding carboxylic acids is 2. The summed E-state index contributed by atoms with van der Waals surface area (Å²) in [6.45, 7) is 5.93. The van der Waals surface area contributed by atoms with Gasteiger partial charge in [-0.25, -0.2) is 0 Å². The monoisotopic (exact) mass is 733 g/mol. The Balaban J connectivity index is 1.26. The van der Waals surface area contributed by atoms with E-state index in [0.29, 0.717) is 45.7 Å². The Labute approximate surface area is 312 Å². The van der Waals surface area contributed by atoms with Crippen LogP contribution >= 0.6 is 0 Å². The van der Waals surface area contributed by atoms with E-state index in [4.69, 9.17) is 23.7 Å². The molecule has 2 aliphatic rings. The number of aliphatic hydroxyl groups is 2. The van der Waals surface area contributed by atoms with Gasteiger partial charge in [0.1, 0.15) is 19.0 Å². The van der Waals surface area contributed by atoms with E-state index in [0.717, 1.165) is 60.9 Å². The van der Waals surface area contributed by atoms with Crippen LogP contribution < -0.4 is 15.4 Å². The van der Waals surface area contributed by atoms with Crippen molar-refractivity contribution >= 4 is 11.8 Å². The first-order valence-corrected chi connectivity index (χ1v) is 18.6. The lowest BCUT2D eigenvalue weighted by Gasteiger charge is -2.29. The first-order valence-electron chi connectivity index (χ1n) is 18.6. The molecule has 1 fully saturated rings. The van der Waals surface area contributed by atoms with Crippen molar-refractivity contribution < 1.29 is 43.5 Å². The van der Waals surface area contributed by atoms with Crippen LogP contribution in [0.2, 0.25) is 0 Å². The van der Waals surface area contributed by atoms with Gasteiger partial charge >= 0.3 is 0 Å². The Morgan fingerprint density at radius 3 is 2.34 bits per heavy atom. The van der Waals surface area contributed by atoms with Gasteiger partial charge in [0, 0.05) is 39.1 Å². The molecule has 5 atom stereocenters. The second-order valence-corrected chi connectivity index (χ2v) is 13.6. The fourth-order valence-corrected chi connectivity index (χ4v) is 6.81. The van der Waals surface area contributed by atoms with Crippen LogP contribution in [0.15, 0.2) is 78.9 Å². The molecule has 12 heteroatoms. The van der Waals surface area contributed by atoms with E-state index in [9.17, 15) is 19.8 Å². The smallest absolute Gasteiger partial charge is 0.246 e. The number of hydrogen-bond donors (Lipinski definition) is 4. The van der Waals surface area contributed by atoms with Gasteiger partial charge in [0.05, 0.1) is 63.9 Å². The number of fused-ring (bicyclic) bond motifs is 1. The number of carbonyl (C=O) groups is 2. The van der Waals surface area contributed by atoms with E-state index < -0.39 is 30.2 Å². The molecule has 2 amide bonds. The van der Waals surface area contributed by atoms with Crippen molar-refractivity contribution in [3.8, 4) is 5.75 Å². The zero-order valence-electron chi connectivity index (χ0n) is 30.7. The molecule has 3 aromatic carbocycles. The summed E-state index contributed by atoms with van der Waals surface area (Å²) in [6, 6.07) is 23.7. The average molecular weight is 734 g/mol. The Morgan fingerprint density at radius 2 is 1.57 bits per heavy atom. The van der Waals surface area contributed by atoms with Crippen molar-refractivity contribution in [2.75, 3.05) is 79.6 Å². The lowest BCUT2D eigenvalue weighted by molar-refractivity contribution is -0.128. The summed E-state index contributed by atoms with van der Waals surface area (Å²) in [5.41, 5.74) is 3.72. The van der Waals surface area contributed by atoms with Crippen LogP contribution in [0.25, 0.3) is 0 Å². The number of benzene rings is 3. The molecular weight excluding hydrogens is 678 g/mol. The van der Waals surface area contributed by atoms with Gasteiger partial charge in [0.25, 0.3) is 0 Å². The molecule has 1 heterocycles. The molecule has 0 spiro atoms. The summed E-state index contributed by atoms with van der Waals surface area (Å²) in [5.74, 6) is -0.591. The normalized spacial score (nSPS) is 18.8. The number of ether oxygens (including phenoxy) is 5. The second-order valence-electron chi connectivity index (χ2n) is 13.6. The molecule has 288 valence electrons. The van der Waals surface area contributed by atoms with E-state index in [1.54, 1.807) is 7.11 Å². The van der Waals surface area contributed by atoms with Crippen molar-refractivity contribution in [2.45, 2.75) is 50.0 Å². The summed E-state index contributed by atoms with van der Waals surface area (Å²) in [4.78, 5) is 29.5. The van der Waals surface area contributed by atoms with Crippen molar-refractivity contribution in [2.24, 2.45) is 5.92 Å². The minimum atomic E-state index is -1.07. The Kier molecular flexibility index (Phi) is 16.5. The molecule has 53 heavy (non-hydrogen) atoms. The van der Waals surface area contributed by atoms with Crippen LogP contribution in [0.3, 0.4) is 0 Å². The fraction of sp³-hybridized carbons (Fsp3) is 0.512. The molecule has 5 unspecified atom stereocenters. The van der Waals surface area contributed by atoms with E-state index in [-0.39, 0.29) is 31.4 Å². The number of methoxy groups -OCH3 is 1. The number of amides is 2. The third kappa shape index (κ3) is 13.2. The third-order valence-electron chi connectivity index (χ3n) is 9.73. The highest BCUT2D eigenvalue weighted by atomic mass is 16.5. The molecule has 12 nitrogen and oxygen atoms in total. The van der Waals surface area contributed by atoms with Crippen LogP contribution in [0.4, 0.5) is 0 Å². The van der Waals surface area contributed by atoms with Gasteiger partial charge in [-0.3, -0.25) is 14.5 Å². The van der Waals surface area contributed by atoms with Crippen molar-refractivity contribution in [1.82, 2.24) is 15.5 Å². The zero-order chi connectivity index (χ0) is 37.3. The molecule has 0 radical (unpaired) electrons. The largest absolute Gasteiger partial charge is 0.492 e. The number of morpholine rings is 1. The summed E-state index contributed by atoms with van der Waals surface area (Å²) < 4.78 is 27.3. The summed E-state index contributed by atoms with van der Waals surface area (Å²) in [6.07, 6.45) is -0.622. The molecule has 4 N–H and O–H groups in total. The average Bonchev–Trinajstić information content (AvgIpc) is 3.49. The van der Waals surface area contributed by atoms with Gasteiger partial charge in [0.2, 0.25) is 11.8 Å². The molecule has 0 bridgehead atoms. The van der Waals surface area contributed by atoms with Crippen LogP contribution in [-0.2, 0) is 47.8 Å². The van der Waals surface area contributed by atoms with Gasteiger partial charge in [-0.05, 0) is 53.6 Å². The van der Waals surface area contributed by atoms with Crippen molar-refractivity contribution in [3.63, 3.8) is 0 Å². The van der Waals surface area contributed by atoms with E-state index in [1.807, 2.05) is 78.9 Å². The van der Waals surface area contributed by atoms with Crippen molar-refractivity contribution in [3.05, 3.63) is 101 Å². The molecular formula is C41H55N3O9. The lowest BCUT2D eigenvalue weighted by Crippen LogP contribution is -2.48. The fourth-order valence-electron chi connectivity index (χ4n) is 6.81. The van der Waals surface area contributed by atoms with Crippen LogP contribution in [0.5, 0.6) is 5.75 Å². The van der Waals surface area contributed by atoms with Crippen LogP contribution in [-0.4, -0.2) is 125 Å². The first-order chi connectivity index (χ1) is 25.9. The molecule has 1 saturated heterocycles. The third-order valence-corrected chi connectivity index (χ3v) is 9.73. The Morgan fingerprint density at radius 1 is 0.868 bits per heavy atom. The van der Waals surface area contributed by atoms with Gasteiger partial charge in [-0.15, -0.1) is 0 Å². The number of aliphatic hydroxyl groups excluding tert-OH is 2. The molecule has 0 aromatic heterocycles. The van der Waals surface area contributed by atoms with Gasteiger partial charge < -0.3 is 44.5 Å². The molecule has 1 aliphatic carbocycles. The number of nitrogens with zero attached hydrogens (tertiary/aromatic N) is 1. The SMILES string of the molecule is COCCOCCOCC(=O)NC(Cc1ccccc1)C(O)CC(Cc1ccc(OCCN2CCOCC2)cc1)C(=O)NC1c2ccccc2CC1O. The van der Waals surface area contributed by atoms with Crippen molar-refractivity contribution in [1.29, 1.82) is 0 Å². The molecule has 1 aliphatic heterocycles. The highest BCUT2D eigenvalue weighted by molar-refractivity contribution is 5.80. The molecule has 5 rings (SSSR count). The zero-order valence-corrected chi connectivity index (χ0v) is 30.7. The maximum Gasteiger partial charge on any atom is 0.246 e. The highest BCUT2D eigenvalue weighted by Gasteiger charge is 2.35. The quantitative estimate of drug-likeness (QED) is 0.114. The van der Waals surface area contributed by atoms with Gasteiger partial charge in [-0.2, -0.15) is 0 Å². The maximum absolute atomic E-state index is 14.1. The first kappa shape index (κ1) is 40.3. The minimum Gasteiger partial charge on any atom is -0.492 e. The lowest BCUT2D eigenvalue weighted by atomic mass is 9.88. The van der Waals surface area contributed by atoms with Crippen LogP contribution in [0, 0.1) is 5.92 Å². The Bertz CT molecular complexity index is 1520. The number of rotatable bonds is 22. The van der Waals surface area contributed by atoms with E-state index >= 15 is 0 Å². The Hall–Kier alpha value is -3.88. The molecule has 0 saturated carbocycles. The maximum atomic E-state index is 14.1. The number of hydrogen-bond acceptors (Lipinski definition) is 10. The predicted molar refractivity (Wildman–Crippen MR) is 200 cm³/mol. The van der Waals surface area contributed by atoms with Gasteiger partial charge in [0.15, 0.2) is 0 Å². The summed E-state index contributed by atoms with van der Waals surface area (Å²) in [7, 11) is 1.60. The highest BCUT2D eigenvalue weighted by Crippen LogP contribution is 2.32. The van der Waals surface area contributed by atoms with Crippen LogP contribution in [0.1, 0.15) is 34.7 Å². The summed E-state index contributed by atoms with van der Waals surface area (Å²) in [5, 5.41) is 28.8. The van der Waals surface area contributed by atoms with Gasteiger partial charge in [-0.1, -0.05) is 66.7 Å². The van der Waals surface area contributed by atoms with E-state index in [2.05, 4.69) is 15.5 Å². The summed E-state index contributed by atoms with van der Waals surface area (Å²) >= 11 is 0. The van der Waals surface area contributed by atoms with E-state index in [1.165, 1.54) is 0 Å².